The fourth-order valence-corrected chi connectivity index (χ4v) is 2.46. The van der Waals surface area contributed by atoms with E-state index in [1.54, 1.807) is 6.26 Å². The van der Waals surface area contributed by atoms with Gasteiger partial charge in [-0.1, -0.05) is 6.92 Å². The molecule has 4 nitrogen and oxygen atoms in total. The normalized spacial score (nSPS) is 12.6. The summed E-state index contributed by atoms with van der Waals surface area (Å²) in [5, 5.41) is 12.9. The Bertz CT molecular complexity index is 630. The van der Waals surface area contributed by atoms with E-state index in [9.17, 15) is 4.79 Å². The van der Waals surface area contributed by atoms with Gasteiger partial charge in [0.15, 0.2) is 0 Å². The largest absolute Gasteiger partial charge is 0.464 e. The van der Waals surface area contributed by atoms with Crippen molar-refractivity contribution < 1.29 is 14.3 Å². The summed E-state index contributed by atoms with van der Waals surface area (Å²) in [4.78, 5) is 12.1. The van der Waals surface area contributed by atoms with Gasteiger partial charge in [-0.25, -0.2) is 0 Å². The number of nitrogens with one attached hydrogen (secondary N) is 1. The lowest BCUT2D eigenvalue weighted by Gasteiger charge is -2.15. The second-order valence-electron chi connectivity index (χ2n) is 5.56. The molecule has 1 unspecified atom stereocenters. The number of aryl methyl sites for hydroxylation is 2. The number of furan rings is 1. The van der Waals surface area contributed by atoms with Crippen LogP contribution in [-0.2, 0) is 11.2 Å². The molecule has 114 valence electrons. The molecule has 0 saturated heterocycles. The second kappa shape index (κ2) is 6.76. The fourth-order valence-electron chi connectivity index (χ4n) is 2.46. The number of hydrogen-bond acceptors (Lipinski definition) is 3. The average Bonchev–Trinajstić information content (AvgIpc) is 2.81. The monoisotopic (exact) mass is 289 g/mol. The maximum Gasteiger partial charge on any atom is 0.224 e. The lowest BCUT2D eigenvalue weighted by atomic mass is 10.0. The van der Waals surface area contributed by atoms with Crippen LogP contribution >= 0.6 is 0 Å². The Morgan fingerprint density at radius 3 is 2.71 bits per heavy atom. The van der Waals surface area contributed by atoms with E-state index in [0.29, 0.717) is 12.8 Å². The summed E-state index contributed by atoms with van der Waals surface area (Å²) in [5.74, 6) is -0.0313. The van der Waals surface area contributed by atoms with Gasteiger partial charge in [-0.05, 0) is 49.9 Å². The van der Waals surface area contributed by atoms with Crippen molar-refractivity contribution in [2.24, 2.45) is 0 Å². The summed E-state index contributed by atoms with van der Waals surface area (Å²) in [6, 6.07) is 4.11. The summed E-state index contributed by atoms with van der Waals surface area (Å²) in [7, 11) is 0. The zero-order chi connectivity index (χ0) is 15.4. The number of rotatable bonds is 6. The van der Waals surface area contributed by atoms with Gasteiger partial charge in [-0.2, -0.15) is 0 Å². The zero-order valence-corrected chi connectivity index (χ0v) is 12.9. The van der Waals surface area contributed by atoms with Gasteiger partial charge >= 0.3 is 0 Å². The van der Waals surface area contributed by atoms with E-state index in [2.05, 4.69) is 18.3 Å². The van der Waals surface area contributed by atoms with E-state index in [1.807, 2.05) is 19.9 Å². The van der Waals surface area contributed by atoms with Crippen LogP contribution in [0.2, 0.25) is 0 Å². The van der Waals surface area contributed by atoms with Crippen LogP contribution in [-0.4, -0.2) is 23.7 Å². The van der Waals surface area contributed by atoms with Gasteiger partial charge in [0, 0.05) is 23.6 Å². The topological polar surface area (TPSA) is 62.5 Å². The number of benzene rings is 1. The van der Waals surface area contributed by atoms with Crippen LogP contribution in [0.1, 0.15) is 36.5 Å². The Hall–Kier alpha value is -1.81. The van der Waals surface area contributed by atoms with Crippen molar-refractivity contribution in [2.45, 2.75) is 46.1 Å². The molecule has 21 heavy (non-hydrogen) atoms. The van der Waals surface area contributed by atoms with E-state index >= 15 is 0 Å². The Balaban J connectivity index is 2.12. The molecular formula is C17H23NO3. The third-order valence-corrected chi connectivity index (χ3v) is 3.96. The number of aliphatic hydroxyl groups excluding tert-OH is 1. The predicted molar refractivity (Wildman–Crippen MR) is 83.3 cm³/mol. The highest BCUT2D eigenvalue weighted by atomic mass is 16.3. The van der Waals surface area contributed by atoms with Crippen molar-refractivity contribution in [2.75, 3.05) is 6.61 Å². The molecular weight excluding hydrogens is 266 g/mol. The molecule has 1 aromatic carbocycles. The molecule has 4 heteroatoms. The highest BCUT2D eigenvalue weighted by molar-refractivity contribution is 5.88. The van der Waals surface area contributed by atoms with Crippen LogP contribution in [0.5, 0.6) is 0 Å². The third-order valence-electron chi connectivity index (χ3n) is 3.96. The number of fused-ring (bicyclic) bond motifs is 1. The number of carbonyl (C=O) groups is 1. The van der Waals surface area contributed by atoms with Crippen LogP contribution in [0, 0.1) is 13.8 Å². The second-order valence-corrected chi connectivity index (χ2v) is 5.56. The number of hydrogen-bond donors (Lipinski definition) is 2. The van der Waals surface area contributed by atoms with Gasteiger partial charge in [-0.3, -0.25) is 4.79 Å². The number of aliphatic hydroxyl groups is 1. The molecule has 0 aliphatic heterocycles. The molecule has 1 amide bonds. The Labute approximate surface area is 125 Å². The highest BCUT2D eigenvalue weighted by Crippen LogP contribution is 2.25. The first-order valence-electron chi connectivity index (χ1n) is 7.42. The Morgan fingerprint density at radius 2 is 2.05 bits per heavy atom. The van der Waals surface area contributed by atoms with Crippen molar-refractivity contribution in [3.63, 3.8) is 0 Å². The van der Waals surface area contributed by atoms with Crippen LogP contribution in [0.3, 0.4) is 0 Å². The summed E-state index contributed by atoms with van der Waals surface area (Å²) in [6.45, 7) is 6.19. The first-order chi connectivity index (χ1) is 10.0. The smallest absolute Gasteiger partial charge is 0.224 e. The molecule has 0 bridgehead atoms. The summed E-state index contributed by atoms with van der Waals surface area (Å²) < 4.78 is 5.54. The van der Waals surface area contributed by atoms with Gasteiger partial charge in [0.25, 0.3) is 0 Å². The molecule has 1 aromatic heterocycles. The predicted octanol–water partition coefficient (Wildman–Crippen LogP) is 2.87. The Kier molecular flexibility index (Phi) is 5.02. The van der Waals surface area contributed by atoms with E-state index in [4.69, 9.17) is 9.52 Å². The lowest BCUT2D eigenvalue weighted by Crippen LogP contribution is -2.36. The maximum atomic E-state index is 12.1. The van der Waals surface area contributed by atoms with E-state index < -0.39 is 0 Å². The minimum absolute atomic E-state index is 0.0313. The van der Waals surface area contributed by atoms with E-state index in [0.717, 1.165) is 23.0 Å². The maximum absolute atomic E-state index is 12.1. The molecule has 0 aliphatic carbocycles. The van der Waals surface area contributed by atoms with Crippen LogP contribution < -0.4 is 5.32 Å². The third kappa shape index (κ3) is 3.64. The fraction of sp³-hybridized carbons (Fsp3) is 0.471. The molecule has 1 heterocycles. The highest BCUT2D eigenvalue weighted by Gasteiger charge is 2.14. The van der Waals surface area contributed by atoms with Crippen LogP contribution in [0.4, 0.5) is 0 Å². The zero-order valence-electron chi connectivity index (χ0n) is 12.9. The molecule has 1 atom stereocenters. The lowest BCUT2D eigenvalue weighted by molar-refractivity contribution is -0.121. The van der Waals surface area contributed by atoms with Crippen molar-refractivity contribution in [3.05, 3.63) is 35.1 Å². The molecule has 2 N–H and O–H groups in total. The summed E-state index contributed by atoms with van der Waals surface area (Å²) >= 11 is 0. The molecule has 0 fully saturated rings. The molecule has 0 saturated carbocycles. The Morgan fingerprint density at radius 1 is 1.33 bits per heavy atom. The van der Waals surface area contributed by atoms with E-state index in [1.165, 1.54) is 11.1 Å². The van der Waals surface area contributed by atoms with Crippen molar-refractivity contribution in [1.29, 1.82) is 0 Å². The quantitative estimate of drug-likeness (QED) is 0.859. The first-order valence-corrected chi connectivity index (χ1v) is 7.42. The molecule has 0 aliphatic rings. The van der Waals surface area contributed by atoms with Gasteiger partial charge < -0.3 is 14.8 Å². The minimum Gasteiger partial charge on any atom is -0.464 e. The molecule has 2 rings (SSSR count). The number of amides is 1. The molecule has 2 aromatic rings. The van der Waals surface area contributed by atoms with Crippen molar-refractivity contribution in [3.8, 4) is 0 Å². The SMILES string of the molecule is CCC(CCO)NC(=O)Cc1coc2cc(C)c(C)cc12. The number of carbonyl (C=O) groups excluding carboxylic acids is 1. The van der Waals surface area contributed by atoms with Gasteiger partial charge in [0.1, 0.15) is 5.58 Å². The van der Waals surface area contributed by atoms with Gasteiger partial charge in [-0.15, -0.1) is 0 Å². The van der Waals surface area contributed by atoms with Crippen LogP contribution in [0.15, 0.2) is 22.8 Å². The molecule has 0 radical (unpaired) electrons. The summed E-state index contributed by atoms with van der Waals surface area (Å²) in [5.41, 5.74) is 4.10. The average molecular weight is 289 g/mol. The summed E-state index contributed by atoms with van der Waals surface area (Å²) in [6.07, 6.45) is 3.37. The van der Waals surface area contributed by atoms with E-state index in [-0.39, 0.29) is 18.6 Å². The van der Waals surface area contributed by atoms with Gasteiger partial charge in [0.2, 0.25) is 5.91 Å². The van der Waals surface area contributed by atoms with Crippen LogP contribution in [0.25, 0.3) is 11.0 Å². The molecule has 0 spiro atoms. The standard InChI is InChI=1S/C17H23NO3/c1-4-14(5-6-19)18-17(20)9-13-10-21-16-8-12(3)11(2)7-15(13)16/h7-8,10,14,19H,4-6,9H2,1-3H3,(H,18,20). The first kappa shape index (κ1) is 15.6. The van der Waals surface area contributed by atoms with Gasteiger partial charge in [0.05, 0.1) is 12.7 Å². The minimum atomic E-state index is -0.0313. The van der Waals surface area contributed by atoms with Crippen molar-refractivity contribution in [1.82, 2.24) is 5.32 Å². The van der Waals surface area contributed by atoms with Crippen molar-refractivity contribution >= 4 is 16.9 Å².